The van der Waals surface area contributed by atoms with Crippen LogP contribution in [0.1, 0.15) is 39.2 Å². The van der Waals surface area contributed by atoms with Crippen LogP contribution in [0.3, 0.4) is 0 Å². The van der Waals surface area contributed by atoms with Gasteiger partial charge >= 0.3 is 5.97 Å². The number of carbonyl (C=O) groups excluding carboxylic acids is 2. The zero-order chi connectivity index (χ0) is 16.3. The van der Waals surface area contributed by atoms with Crippen LogP contribution in [0.15, 0.2) is 47.1 Å². The van der Waals surface area contributed by atoms with E-state index in [1.165, 1.54) is 6.92 Å². The summed E-state index contributed by atoms with van der Waals surface area (Å²) in [5, 5.41) is 3.12. The van der Waals surface area contributed by atoms with E-state index in [2.05, 4.69) is 10.3 Å². The molecular weight excluding hydrogens is 280 g/mol. The van der Waals surface area contributed by atoms with E-state index in [1.54, 1.807) is 19.3 Å². The zero-order valence-corrected chi connectivity index (χ0v) is 13.3. The van der Waals surface area contributed by atoms with E-state index in [1.807, 2.05) is 26.0 Å². The number of Topliss-reactive ketones (excluding diaryl/α,β-unsaturated/α-hetero) is 1. The number of ketones is 1. The van der Waals surface area contributed by atoms with Crippen molar-refractivity contribution < 1.29 is 14.3 Å². The smallest absolute Gasteiger partial charge is 0.336 e. The van der Waals surface area contributed by atoms with Crippen molar-refractivity contribution in [3.05, 3.63) is 52.6 Å². The maximum Gasteiger partial charge on any atom is 0.336 e. The molecule has 0 aromatic carbocycles. The van der Waals surface area contributed by atoms with Gasteiger partial charge in [0.15, 0.2) is 5.78 Å². The predicted molar refractivity (Wildman–Crippen MR) is 82.8 cm³/mol. The first kappa shape index (κ1) is 15.9. The molecule has 1 aromatic rings. The minimum Gasteiger partial charge on any atom is -0.463 e. The SMILES string of the molecule is CCOC(=O)C1=C(C)NC(C)=C(C(C)=O)C1c1ccncc1. The van der Waals surface area contributed by atoms with Gasteiger partial charge in [-0.1, -0.05) is 0 Å². The lowest BCUT2D eigenvalue weighted by Gasteiger charge is -2.30. The Balaban J connectivity index is 2.62. The van der Waals surface area contributed by atoms with E-state index in [0.717, 1.165) is 11.3 Å². The van der Waals surface area contributed by atoms with Crippen LogP contribution < -0.4 is 5.32 Å². The third-order valence-electron chi connectivity index (χ3n) is 3.67. The number of nitrogens with zero attached hydrogens (tertiary/aromatic N) is 1. The molecule has 116 valence electrons. The highest BCUT2D eigenvalue weighted by Gasteiger charge is 2.35. The van der Waals surface area contributed by atoms with Crippen LogP contribution in [-0.2, 0) is 14.3 Å². The van der Waals surface area contributed by atoms with Crippen molar-refractivity contribution in [2.24, 2.45) is 0 Å². The van der Waals surface area contributed by atoms with Gasteiger partial charge in [0, 0.05) is 35.3 Å². The van der Waals surface area contributed by atoms with Crippen LogP contribution in [0, 0.1) is 0 Å². The zero-order valence-electron chi connectivity index (χ0n) is 13.3. The highest BCUT2D eigenvalue weighted by atomic mass is 16.5. The van der Waals surface area contributed by atoms with Crippen molar-refractivity contribution in [1.29, 1.82) is 0 Å². The number of hydrogen-bond donors (Lipinski definition) is 1. The van der Waals surface area contributed by atoms with Gasteiger partial charge in [0.05, 0.1) is 12.2 Å². The number of rotatable bonds is 4. The number of dihydropyridines is 1. The summed E-state index contributed by atoms with van der Waals surface area (Å²) in [5.41, 5.74) is 3.38. The number of aromatic nitrogens is 1. The molecule has 0 spiro atoms. The minimum atomic E-state index is -0.430. The fourth-order valence-corrected chi connectivity index (χ4v) is 2.83. The summed E-state index contributed by atoms with van der Waals surface area (Å²) in [6.45, 7) is 7.23. The summed E-state index contributed by atoms with van der Waals surface area (Å²) in [5.74, 6) is -0.900. The average molecular weight is 300 g/mol. The number of nitrogens with one attached hydrogen (secondary N) is 1. The second-order valence-corrected chi connectivity index (χ2v) is 5.19. The van der Waals surface area contributed by atoms with Gasteiger partial charge in [-0.25, -0.2) is 4.79 Å². The van der Waals surface area contributed by atoms with Crippen LogP contribution in [0.2, 0.25) is 0 Å². The summed E-state index contributed by atoms with van der Waals surface area (Å²) < 4.78 is 5.18. The van der Waals surface area contributed by atoms with Gasteiger partial charge in [0.2, 0.25) is 0 Å². The number of ether oxygens (including phenoxy) is 1. The van der Waals surface area contributed by atoms with Gasteiger partial charge in [-0.2, -0.15) is 0 Å². The van der Waals surface area contributed by atoms with E-state index in [4.69, 9.17) is 4.74 Å². The molecule has 1 aliphatic rings. The highest BCUT2D eigenvalue weighted by Crippen LogP contribution is 2.38. The van der Waals surface area contributed by atoms with Gasteiger partial charge in [-0.3, -0.25) is 9.78 Å². The number of pyridine rings is 1. The van der Waals surface area contributed by atoms with E-state index in [0.29, 0.717) is 16.8 Å². The van der Waals surface area contributed by atoms with E-state index in [-0.39, 0.29) is 12.4 Å². The van der Waals surface area contributed by atoms with Crippen LogP contribution >= 0.6 is 0 Å². The topological polar surface area (TPSA) is 68.3 Å². The molecule has 5 nitrogen and oxygen atoms in total. The van der Waals surface area contributed by atoms with Crippen molar-refractivity contribution in [2.45, 2.75) is 33.6 Å². The van der Waals surface area contributed by atoms with Crippen LogP contribution in [0.4, 0.5) is 0 Å². The molecule has 2 rings (SSSR count). The average Bonchev–Trinajstić information content (AvgIpc) is 2.47. The summed E-state index contributed by atoms with van der Waals surface area (Å²) in [4.78, 5) is 28.5. The summed E-state index contributed by atoms with van der Waals surface area (Å²) in [6.07, 6.45) is 3.31. The van der Waals surface area contributed by atoms with Crippen molar-refractivity contribution in [2.75, 3.05) is 6.61 Å². The second-order valence-electron chi connectivity index (χ2n) is 5.19. The molecule has 0 aliphatic carbocycles. The molecule has 0 saturated carbocycles. The normalized spacial score (nSPS) is 18.1. The van der Waals surface area contributed by atoms with Gasteiger partial charge in [0.25, 0.3) is 0 Å². The Labute approximate surface area is 130 Å². The number of allylic oxidation sites excluding steroid dienone is 3. The lowest BCUT2D eigenvalue weighted by Crippen LogP contribution is -2.31. The molecule has 1 unspecified atom stereocenters. The lowest BCUT2D eigenvalue weighted by molar-refractivity contribution is -0.138. The maximum absolute atomic E-state index is 12.4. The van der Waals surface area contributed by atoms with Gasteiger partial charge in [0.1, 0.15) is 0 Å². The van der Waals surface area contributed by atoms with Crippen molar-refractivity contribution in [3.63, 3.8) is 0 Å². The van der Waals surface area contributed by atoms with Crippen LogP contribution in [0.25, 0.3) is 0 Å². The molecule has 22 heavy (non-hydrogen) atoms. The number of hydrogen-bond acceptors (Lipinski definition) is 5. The van der Waals surface area contributed by atoms with E-state index in [9.17, 15) is 9.59 Å². The van der Waals surface area contributed by atoms with Gasteiger partial charge in [-0.15, -0.1) is 0 Å². The first-order chi connectivity index (χ1) is 10.5. The molecule has 0 radical (unpaired) electrons. The summed E-state index contributed by atoms with van der Waals surface area (Å²) >= 11 is 0. The first-order valence-electron chi connectivity index (χ1n) is 7.23. The molecule has 1 N–H and O–H groups in total. The predicted octanol–water partition coefficient (Wildman–Crippen LogP) is 2.47. The fraction of sp³-hybridized carbons (Fsp3) is 0.353. The summed E-state index contributed by atoms with van der Waals surface area (Å²) in [7, 11) is 0. The molecule has 1 aliphatic heterocycles. The van der Waals surface area contributed by atoms with Crippen LogP contribution in [-0.4, -0.2) is 23.3 Å². The number of carbonyl (C=O) groups is 2. The van der Waals surface area contributed by atoms with E-state index >= 15 is 0 Å². The molecule has 0 amide bonds. The Bertz CT molecular complexity index is 660. The third-order valence-corrected chi connectivity index (χ3v) is 3.67. The second kappa shape index (κ2) is 6.56. The molecule has 2 heterocycles. The Hall–Kier alpha value is -2.43. The summed E-state index contributed by atoms with van der Waals surface area (Å²) in [6, 6.07) is 3.64. The minimum absolute atomic E-state index is 0.0684. The largest absolute Gasteiger partial charge is 0.463 e. The van der Waals surface area contributed by atoms with Gasteiger partial charge < -0.3 is 10.1 Å². The quantitative estimate of drug-likeness (QED) is 0.865. The van der Waals surface area contributed by atoms with Gasteiger partial charge in [-0.05, 0) is 45.4 Å². The molecule has 0 fully saturated rings. The molecular formula is C17H20N2O3. The molecule has 1 aromatic heterocycles. The van der Waals surface area contributed by atoms with E-state index < -0.39 is 11.9 Å². The highest BCUT2D eigenvalue weighted by molar-refractivity contribution is 6.02. The molecule has 0 bridgehead atoms. The molecule has 5 heteroatoms. The number of esters is 1. The van der Waals surface area contributed by atoms with Crippen molar-refractivity contribution >= 4 is 11.8 Å². The fourth-order valence-electron chi connectivity index (χ4n) is 2.83. The van der Waals surface area contributed by atoms with Crippen molar-refractivity contribution in [3.8, 4) is 0 Å². The molecule has 1 atom stereocenters. The Morgan fingerprint density at radius 2 is 1.77 bits per heavy atom. The molecule has 0 saturated heterocycles. The first-order valence-corrected chi connectivity index (χ1v) is 7.23. The standard InChI is InChI=1S/C17H20N2O3/c1-5-22-17(21)15-11(3)19-10(2)14(12(4)20)16(15)13-6-8-18-9-7-13/h6-9,16,19H,5H2,1-4H3. The van der Waals surface area contributed by atoms with Crippen LogP contribution in [0.5, 0.6) is 0 Å². The Morgan fingerprint density at radius 3 is 2.32 bits per heavy atom. The Kier molecular flexibility index (Phi) is 4.75. The Morgan fingerprint density at radius 1 is 1.18 bits per heavy atom. The monoisotopic (exact) mass is 300 g/mol. The maximum atomic E-state index is 12.4. The lowest BCUT2D eigenvalue weighted by atomic mass is 9.79. The van der Waals surface area contributed by atoms with Crippen molar-refractivity contribution in [1.82, 2.24) is 10.3 Å². The third kappa shape index (κ3) is 2.93.